The Hall–Kier alpha value is -4.67. The van der Waals surface area contributed by atoms with Crippen LogP contribution in [0.4, 0.5) is 28.4 Å². The maximum Gasteiger partial charge on any atom is 1.00 e. The van der Waals surface area contributed by atoms with E-state index in [1.165, 1.54) is 0 Å². The average molecular weight is 890 g/mol. The maximum absolute atomic E-state index is 12.0. The number of carbonyl (C=O) groups is 2. The molecule has 4 heterocycles. The molecule has 0 fully saturated rings. The minimum absolute atomic E-state index is 0. The van der Waals surface area contributed by atoms with E-state index in [0.29, 0.717) is 76.2 Å². The number of anilines is 3. The molecule has 3 N–H and O–H groups in total. The van der Waals surface area contributed by atoms with Gasteiger partial charge in [-0.25, -0.2) is 9.69 Å². The van der Waals surface area contributed by atoms with Crippen LogP contribution in [0.1, 0.15) is 37.8 Å². The molecule has 8 rings (SSSR count). The van der Waals surface area contributed by atoms with Gasteiger partial charge in [-0.05, 0) is 60.7 Å². The van der Waals surface area contributed by atoms with Crippen LogP contribution in [-0.4, -0.2) is 58.9 Å². The summed E-state index contributed by atoms with van der Waals surface area (Å²) in [7, 11) is 3.14. The van der Waals surface area contributed by atoms with Crippen LogP contribution in [0, 0.1) is 13.1 Å². The standard InChI is InChI=1S/C22H19ClN4O2.C15H12ClN3O.C7H8ClNO.K.H/c1-13(28)27-9-8-20-17(12-27)22(16-10-14(24-2)4-6-19(16)26-20)25-15-5-7-21(29-3)18(23)11-15;1-9(20)19-6-5-14-12(8-19)15(16)11-7-10(17-2)3-4-13(11)18-14;1-10-7-3-2-5(9)4-6(7)8;;/h4-7,10-11H,8-9,12H2,1,3H3,(H,25,26);3-4,7H,5-6,8H2,1H3;2-4H,9H2,1H3;;/q;;;+1;-1. The number of nitrogens with one attached hydrogen (secondary N) is 1. The fourth-order valence-electron chi connectivity index (χ4n) is 6.80. The molecule has 2 aromatic heterocycles. The van der Waals surface area contributed by atoms with Crippen molar-refractivity contribution < 1.29 is 71.9 Å². The summed E-state index contributed by atoms with van der Waals surface area (Å²) in [4.78, 5) is 43.4. The Morgan fingerprint density at radius 3 is 1.75 bits per heavy atom. The molecule has 0 aliphatic carbocycles. The first kappa shape index (κ1) is 46.4. The second kappa shape index (κ2) is 20.7. The predicted octanol–water partition coefficient (Wildman–Crippen LogP) is 7.49. The van der Waals surface area contributed by atoms with Gasteiger partial charge in [0.05, 0.1) is 59.2 Å². The number of benzene rings is 4. The van der Waals surface area contributed by atoms with Crippen molar-refractivity contribution >= 4 is 96.9 Å². The molecule has 2 aliphatic rings. The number of nitrogens with zero attached hydrogens (tertiary/aromatic N) is 6. The summed E-state index contributed by atoms with van der Waals surface area (Å²) >= 11 is 18.5. The number of hydrogen-bond acceptors (Lipinski definition) is 8. The normalized spacial score (nSPS) is 12.5. The second-order valence-corrected chi connectivity index (χ2v) is 14.8. The zero-order valence-corrected chi connectivity index (χ0v) is 39.1. The Kier molecular flexibility index (Phi) is 16.0. The van der Waals surface area contributed by atoms with Crippen LogP contribution in [0.15, 0.2) is 72.8 Å². The van der Waals surface area contributed by atoms with Crippen LogP contribution >= 0.6 is 34.8 Å². The number of aromatic nitrogens is 2. The summed E-state index contributed by atoms with van der Waals surface area (Å²) in [5.74, 6) is 1.32. The molecule has 0 unspecified atom stereocenters. The van der Waals surface area contributed by atoms with Gasteiger partial charge in [0.25, 0.3) is 0 Å². The molecule has 0 atom stereocenters. The first-order valence-corrected chi connectivity index (χ1v) is 19.5. The van der Waals surface area contributed by atoms with Crippen LogP contribution in [0.3, 0.4) is 0 Å². The SMILES string of the molecule is COc1ccc(N)cc1Cl.[C-]#[N+]c1ccc2nc3c(c(Cl)c2c1)CN(C(C)=O)CC3.[C-]#[N+]c1ccc2nc3c(c(Nc4ccc(OC)c(Cl)c4)c2c1)CN(C(C)=O)CC3.[H-].[K+]. The fraction of sp³-hybridized carbons (Fsp3) is 0.227. The quantitative estimate of drug-likeness (QED) is 0.106. The number of halogens is 3. The van der Waals surface area contributed by atoms with Gasteiger partial charge in [0.15, 0.2) is 11.4 Å². The van der Waals surface area contributed by atoms with Crippen LogP contribution < -0.4 is 71.9 Å². The Balaban J connectivity index is 0.000000222. The van der Waals surface area contributed by atoms with Crippen molar-refractivity contribution in [3.05, 3.63) is 133 Å². The summed E-state index contributed by atoms with van der Waals surface area (Å²) in [6.45, 7) is 19.9. The van der Waals surface area contributed by atoms with E-state index in [1.807, 2.05) is 24.3 Å². The minimum Gasteiger partial charge on any atom is -1.00 e. The van der Waals surface area contributed by atoms with Crippen LogP contribution in [0.25, 0.3) is 31.5 Å². The molecule has 302 valence electrons. The topological polar surface area (TPSA) is 132 Å². The van der Waals surface area contributed by atoms with Gasteiger partial charge in [-0.15, -0.1) is 0 Å². The first-order valence-electron chi connectivity index (χ1n) is 18.4. The smallest absolute Gasteiger partial charge is 1.00 e. The Morgan fingerprint density at radius 1 is 0.733 bits per heavy atom. The number of amides is 2. The molecule has 0 bridgehead atoms. The summed E-state index contributed by atoms with van der Waals surface area (Å²) < 4.78 is 10.1. The number of carbonyl (C=O) groups excluding carboxylic acids is 2. The molecule has 0 saturated heterocycles. The number of rotatable bonds is 4. The predicted molar refractivity (Wildman–Crippen MR) is 235 cm³/mol. The van der Waals surface area contributed by atoms with Gasteiger partial charge < -0.3 is 31.8 Å². The minimum atomic E-state index is 0. The third-order valence-electron chi connectivity index (χ3n) is 9.92. The molecule has 0 spiro atoms. The molecular weight excluding hydrogens is 850 g/mol. The number of nitrogens with two attached hydrogens (primary N) is 1. The van der Waals surface area contributed by atoms with Crippen molar-refractivity contribution in [2.75, 3.05) is 38.4 Å². The van der Waals surface area contributed by atoms with Crippen LogP contribution in [-0.2, 0) is 35.5 Å². The van der Waals surface area contributed by atoms with Gasteiger partial charge in [0.1, 0.15) is 11.5 Å². The molecular formula is C44H40Cl3KN8O4. The number of methoxy groups -OCH3 is 2. The van der Waals surface area contributed by atoms with Gasteiger partial charge in [-0.1, -0.05) is 46.9 Å². The number of nitrogen functional groups attached to an aromatic ring is 1. The average Bonchev–Trinajstić information content (AvgIpc) is 3.23. The zero-order valence-electron chi connectivity index (χ0n) is 34.7. The molecule has 12 nitrogen and oxygen atoms in total. The molecule has 6 aromatic rings. The van der Waals surface area contributed by atoms with Crippen molar-refractivity contribution in [3.8, 4) is 11.5 Å². The molecule has 2 aliphatic heterocycles. The van der Waals surface area contributed by atoms with Crippen molar-refractivity contribution in [2.24, 2.45) is 0 Å². The van der Waals surface area contributed by atoms with E-state index >= 15 is 0 Å². The molecule has 4 aromatic carbocycles. The number of pyridine rings is 2. The Labute approximate surface area is 407 Å². The number of hydrogen-bond donors (Lipinski definition) is 2. The Morgan fingerprint density at radius 2 is 1.23 bits per heavy atom. The zero-order chi connectivity index (χ0) is 42.4. The van der Waals surface area contributed by atoms with Crippen LogP contribution in [0.2, 0.25) is 15.1 Å². The van der Waals surface area contributed by atoms with Gasteiger partial charge in [-0.3, -0.25) is 19.6 Å². The molecule has 2 amide bonds. The third-order valence-corrected chi connectivity index (χ3v) is 10.9. The first-order chi connectivity index (χ1) is 28.3. The van der Waals surface area contributed by atoms with E-state index < -0.39 is 0 Å². The summed E-state index contributed by atoms with van der Waals surface area (Å²) in [5.41, 5.74) is 14.2. The van der Waals surface area contributed by atoms with Gasteiger partial charge >= 0.3 is 51.4 Å². The van der Waals surface area contributed by atoms with Crippen molar-refractivity contribution in [1.82, 2.24) is 19.8 Å². The van der Waals surface area contributed by atoms with E-state index in [2.05, 4.69) is 20.0 Å². The summed E-state index contributed by atoms with van der Waals surface area (Å²) in [6, 6.07) is 21.4. The van der Waals surface area contributed by atoms with Gasteiger partial charge in [-0.2, -0.15) is 0 Å². The van der Waals surface area contributed by atoms with E-state index in [1.54, 1.807) is 86.4 Å². The maximum atomic E-state index is 12.0. The van der Waals surface area contributed by atoms with Crippen molar-refractivity contribution in [2.45, 2.75) is 39.8 Å². The van der Waals surface area contributed by atoms with Crippen molar-refractivity contribution in [3.63, 3.8) is 0 Å². The molecule has 16 heteroatoms. The van der Waals surface area contributed by atoms with E-state index in [0.717, 1.165) is 62.1 Å². The van der Waals surface area contributed by atoms with Gasteiger partial charge in [0, 0.05) is 97.5 Å². The Bertz CT molecular complexity index is 2710. The monoisotopic (exact) mass is 888 g/mol. The van der Waals surface area contributed by atoms with E-state index in [9.17, 15) is 9.59 Å². The fourth-order valence-corrected chi connectivity index (χ4v) is 7.64. The second-order valence-electron chi connectivity index (χ2n) is 13.6. The van der Waals surface area contributed by atoms with E-state index in [-0.39, 0.29) is 64.6 Å². The molecule has 0 radical (unpaired) electrons. The number of fused-ring (bicyclic) bond motifs is 4. The van der Waals surface area contributed by atoms with Gasteiger partial charge in [0.2, 0.25) is 11.8 Å². The van der Waals surface area contributed by atoms with E-state index in [4.69, 9.17) is 68.1 Å². The summed E-state index contributed by atoms with van der Waals surface area (Å²) in [6.07, 6.45) is 1.41. The third kappa shape index (κ3) is 10.6. The molecule has 60 heavy (non-hydrogen) atoms. The van der Waals surface area contributed by atoms with Crippen molar-refractivity contribution in [1.29, 1.82) is 0 Å². The number of ether oxygens (including phenoxy) is 2. The summed E-state index contributed by atoms with van der Waals surface area (Å²) in [5, 5.41) is 6.73. The molecule has 0 saturated carbocycles. The van der Waals surface area contributed by atoms with Crippen LogP contribution in [0.5, 0.6) is 11.5 Å². The largest absolute Gasteiger partial charge is 1.00 e.